The molecule has 26 heavy (non-hydrogen) atoms. The maximum absolute atomic E-state index is 11.3. The lowest BCUT2D eigenvalue weighted by Crippen LogP contribution is -2.31. The van der Waals surface area contributed by atoms with Crippen molar-refractivity contribution in [1.82, 2.24) is 9.80 Å². The molecule has 0 aliphatic carbocycles. The van der Waals surface area contributed by atoms with Gasteiger partial charge in [0.05, 0.1) is 4.90 Å². The highest BCUT2D eigenvalue weighted by Crippen LogP contribution is 2.13. The number of likely N-dealkylation sites (tertiary alicyclic amines) is 1. The molecule has 1 atom stereocenters. The summed E-state index contributed by atoms with van der Waals surface area (Å²) in [6, 6.07) is 6.49. The predicted molar refractivity (Wildman–Crippen MR) is 99.3 cm³/mol. The Kier molecular flexibility index (Phi) is 8.39. The lowest BCUT2D eigenvalue weighted by atomic mass is 10.1. The van der Waals surface area contributed by atoms with E-state index in [0.717, 1.165) is 18.4 Å². The van der Waals surface area contributed by atoms with Crippen LogP contribution in [0.25, 0.3) is 0 Å². The maximum Gasteiger partial charge on any atom is 0.294 e. The Morgan fingerprint density at radius 1 is 1.12 bits per heavy atom. The third-order valence-corrected chi connectivity index (χ3v) is 5.23. The van der Waals surface area contributed by atoms with Gasteiger partial charge < -0.3 is 4.90 Å². The second kappa shape index (κ2) is 9.80. The van der Waals surface area contributed by atoms with Crippen molar-refractivity contribution in [2.24, 2.45) is 0 Å². The average Bonchev–Trinajstić information content (AvgIpc) is 2.86. The van der Waals surface area contributed by atoms with E-state index in [1.165, 1.54) is 17.0 Å². The van der Waals surface area contributed by atoms with Gasteiger partial charge in [0.1, 0.15) is 0 Å². The van der Waals surface area contributed by atoms with Crippen LogP contribution < -0.4 is 0 Å². The van der Waals surface area contributed by atoms with Gasteiger partial charge in [0.25, 0.3) is 10.1 Å². The Balaban J connectivity index is 0.000000273. The summed E-state index contributed by atoms with van der Waals surface area (Å²) in [5, 5.41) is 0. The number of hydrogen-bond acceptors (Lipinski definition) is 5. The molecule has 2 rings (SSSR count). The van der Waals surface area contributed by atoms with E-state index in [1.54, 1.807) is 12.1 Å². The molecule has 0 radical (unpaired) electrons. The first-order valence-electron chi connectivity index (χ1n) is 8.56. The molecule has 1 aromatic rings. The number of rotatable bonds is 6. The molecule has 1 aromatic carbocycles. The minimum absolute atomic E-state index is 0.00231. The molecule has 0 spiro atoms. The molecule has 1 unspecified atom stereocenters. The first-order valence-corrected chi connectivity index (χ1v) is 10.00. The van der Waals surface area contributed by atoms with Crippen molar-refractivity contribution in [2.45, 2.75) is 50.5 Å². The summed E-state index contributed by atoms with van der Waals surface area (Å²) in [6.45, 7) is 4.58. The fraction of sp³-hybridized carbons (Fsp3) is 0.556. The lowest BCUT2D eigenvalue weighted by molar-refractivity contribution is -0.138. The van der Waals surface area contributed by atoms with Gasteiger partial charge in [0.2, 0.25) is 11.8 Å². The number of carbonyl (C=O) groups excluding carboxylic acids is 2. The Hall–Kier alpha value is -1.77. The normalized spacial score (nSPS) is 15.8. The minimum Gasteiger partial charge on any atom is -0.307 e. The number of imide groups is 1. The largest absolute Gasteiger partial charge is 0.307 e. The zero-order valence-corrected chi connectivity index (χ0v) is 16.6. The highest BCUT2D eigenvalue weighted by molar-refractivity contribution is 7.85. The van der Waals surface area contributed by atoms with Crippen LogP contribution in [0.3, 0.4) is 0 Å². The highest BCUT2D eigenvalue weighted by atomic mass is 32.2. The van der Waals surface area contributed by atoms with Crippen molar-refractivity contribution in [3.05, 3.63) is 29.8 Å². The second-order valence-electron chi connectivity index (χ2n) is 6.68. The fourth-order valence-electron chi connectivity index (χ4n) is 2.39. The Labute approximate surface area is 155 Å². The summed E-state index contributed by atoms with van der Waals surface area (Å²) < 4.78 is 29.6. The van der Waals surface area contributed by atoms with Gasteiger partial charge in [-0.25, -0.2) is 0 Å². The number of benzene rings is 1. The molecular formula is C18H28N2O5S. The number of amides is 2. The van der Waals surface area contributed by atoms with Gasteiger partial charge in [0.15, 0.2) is 0 Å². The Morgan fingerprint density at radius 2 is 1.62 bits per heavy atom. The van der Waals surface area contributed by atoms with E-state index >= 15 is 0 Å². The Bertz CT molecular complexity index is 698. The van der Waals surface area contributed by atoms with Crippen molar-refractivity contribution >= 4 is 21.9 Å². The van der Waals surface area contributed by atoms with Crippen LogP contribution in [0.5, 0.6) is 0 Å². The predicted octanol–water partition coefficient (Wildman–Crippen LogP) is 2.11. The van der Waals surface area contributed by atoms with Gasteiger partial charge in [-0.3, -0.25) is 19.0 Å². The van der Waals surface area contributed by atoms with Crippen LogP contribution in [-0.4, -0.2) is 61.3 Å². The van der Waals surface area contributed by atoms with E-state index in [1.807, 2.05) is 21.0 Å². The third-order valence-electron chi connectivity index (χ3n) is 4.36. The van der Waals surface area contributed by atoms with Crippen LogP contribution in [0.4, 0.5) is 0 Å². The summed E-state index contributed by atoms with van der Waals surface area (Å²) in [4.78, 5) is 26.1. The van der Waals surface area contributed by atoms with Gasteiger partial charge in [-0.15, -0.1) is 0 Å². The monoisotopic (exact) mass is 384 g/mol. The lowest BCUT2D eigenvalue weighted by Gasteiger charge is -2.21. The molecule has 1 fully saturated rings. The van der Waals surface area contributed by atoms with Crippen molar-refractivity contribution in [2.75, 3.05) is 20.6 Å². The van der Waals surface area contributed by atoms with Crippen LogP contribution >= 0.6 is 0 Å². The van der Waals surface area contributed by atoms with Gasteiger partial charge in [-0.2, -0.15) is 8.42 Å². The second-order valence-corrected chi connectivity index (χ2v) is 8.10. The molecule has 1 N–H and O–H groups in total. The van der Waals surface area contributed by atoms with E-state index in [9.17, 15) is 18.0 Å². The summed E-state index contributed by atoms with van der Waals surface area (Å²) in [7, 11) is 0.0575. The zero-order valence-electron chi connectivity index (χ0n) is 15.8. The molecule has 7 nitrogen and oxygen atoms in total. The molecule has 1 aliphatic heterocycles. The Morgan fingerprint density at radius 3 is 2.04 bits per heavy atom. The van der Waals surface area contributed by atoms with E-state index in [2.05, 4.69) is 11.8 Å². The highest BCUT2D eigenvalue weighted by Gasteiger charge is 2.28. The van der Waals surface area contributed by atoms with Gasteiger partial charge >= 0.3 is 0 Å². The smallest absolute Gasteiger partial charge is 0.294 e. The van der Waals surface area contributed by atoms with Crippen LogP contribution in [-0.2, 0) is 19.7 Å². The SMILES string of the molecule is CC(CCCN1C(=O)CCC1=O)N(C)C.Cc1ccc(S(=O)(=O)O)cc1. The fourth-order valence-corrected chi connectivity index (χ4v) is 2.87. The van der Waals surface area contributed by atoms with E-state index in [0.29, 0.717) is 25.4 Å². The van der Waals surface area contributed by atoms with Gasteiger partial charge in [-0.1, -0.05) is 17.7 Å². The number of nitrogens with zero attached hydrogens (tertiary/aromatic N) is 2. The van der Waals surface area contributed by atoms with Crippen LogP contribution in [0.2, 0.25) is 0 Å². The number of hydrogen-bond donors (Lipinski definition) is 1. The molecule has 8 heteroatoms. The topological polar surface area (TPSA) is 95.0 Å². The molecular weight excluding hydrogens is 356 g/mol. The molecule has 0 bridgehead atoms. The van der Waals surface area contributed by atoms with Crippen LogP contribution in [0.1, 0.15) is 38.2 Å². The van der Waals surface area contributed by atoms with E-state index in [4.69, 9.17) is 4.55 Å². The third kappa shape index (κ3) is 7.23. The van der Waals surface area contributed by atoms with Crippen molar-refractivity contribution in [1.29, 1.82) is 0 Å². The number of carbonyl (C=O) groups is 2. The quantitative estimate of drug-likeness (QED) is 0.596. The number of aryl methyl sites for hydroxylation is 1. The first-order chi connectivity index (χ1) is 12.0. The summed E-state index contributed by atoms with van der Waals surface area (Å²) in [6.07, 6.45) is 2.73. The summed E-state index contributed by atoms with van der Waals surface area (Å²) in [5.41, 5.74) is 0.956. The first kappa shape index (κ1) is 22.3. The average molecular weight is 384 g/mol. The zero-order chi connectivity index (χ0) is 19.9. The molecule has 0 aromatic heterocycles. The molecule has 0 saturated carbocycles. The van der Waals surface area contributed by atoms with E-state index < -0.39 is 10.1 Å². The van der Waals surface area contributed by atoms with Crippen molar-refractivity contribution in [3.63, 3.8) is 0 Å². The summed E-state index contributed by atoms with van der Waals surface area (Å²) in [5.74, 6) is -0.00462. The molecule has 1 heterocycles. The standard InChI is InChI=1S/C11H20N2O2.C7H8O3S/c1-9(12(2)3)5-4-8-13-10(14)6-7-11(13)15;1-6-2-4-7(5-3-6)11(8,9)10/h9H,4-8H2,1-3H3;2-5H,1H3,(H,8,9,10). The summed E-state index contributed by atoms with van der Waals surface area (Å²) >= 11 is 0. The molecule has 1 aliphatic rings. The van der Waals surface area contributed by atoms with Gasteiger partial charge in [0, 0.05) is 25.4 Å². The van der Waals surface area contributed by atoms with Crippen molar-refractivity contribution in [3.8, 4) is 0 Å². The van der Waals surface area contributed by atoms with Gasteiger partial charge in [-0.05, 0) is 52.9 Å². The molecule has 1 saturated heterocycles. The van der Waals surface area contributed by atoms with Crippen LogP contribution in [0.15, 0.2) is 29.2 Å². The minimum atomic E-state index is -4.02. The molecule has 146 valence electrons. The van der Waals surface area contributed by atoms with Crippen molar-refractivity contribution < 1.29 is 22.6 Å². The van der Waals surface area contributed by atoms with E-state index in [-0.39, 0.29) is 16.7 Å². The maximum atomic E-state index is 11.3. The van der Waals surface area contributed by atoms with Crippen LogP contribution in [0, 0.1) is 6.92 Å². The molecule has 2 amide bonds.